The van der Waals surface area contributed by atoms with Gasteiger partial charge in [0.2, 0.25) is 0 Å². The van der Waals surface area contributed by atoms with Crippen LogP contribution < -0.4 is 5.32 Å². The summed E-state index contributed by atoms with van der Waals surface area (Å²) < 4.78 is 41.3. The van der Waals surface area contributed by atoms with Crippen LogP contribution in [-0.4, -0.2) is 49.1 Å². The van der Waals surface area contributed by atoms with E-state index in [0.717, 1.165) is 30.7 Å². The van der Waals surface area contributed by atoms with Crippen LogP contribution in [0.15, 0.2) is 53.1 Å². The third-order valence-electron chi connectivity index (χ3n) is 6.39. The summed E-state index contributed by atoms with van der Waals surface area (Å²) in [5.41, 5.74) is 2.80. The summed E-state index contributed by atoms with van der Waals surface area (Å²) in [4.78, 5) is 17.7. The maximum Gasteiger partial charge on any atom is 0.253 e. The molecular weight excluding hydrogens is 478 g/mol. The first kappa shape index (κ1) is 24.4. The number of furan rings is 1. The Morgan fingerprint density at radius 2 is 1.84 bits per heavy atom. The summed E-state index contributed by atoms with van der Waals surface area (Å²) in [6, 6.07) is 13.1. The number of carbonyl (C=O) groups is 1. The Morgan fingerprint density at radius 1 is 1.11 bits per heavy atom. The highest BCUT2D eigenvalue weighted by Gasteiger charge is 2.22. The molecule has 1 aliphatic heterocycles. The molecule has 0 atom stereocenters. The molecule has 7 nitrogen and oxygen atoms in total. The molecule has 4 aromatic rings. The number of fused-ring (bicyclic) bond motifs is 1. The molecule has 188 valence electrons. The monoisotopic (exact) mass is 502 g/mol. The largest absolute Gasteiger partial charge is 0.453 e. The van der Waals surface area contributed by atoms with E-state index in [0.29, 0.717) is 41.0 Å². The van der Waals surface area contributed by atoms with E-state index in [2.05, 4.69) is 16.4 Å². The minimum absolute atomic E-state index is 0.0490. The molecule has 1 aliphatic rings. The van der Waals surface area contributed by atoms with Gasteiger partial charge in [0, 0.05) is 56.7 Å². The summed E-state index contributed by atoms with van der Waals surface area (Å²) in [6.45, 7) is 1.37. The number of hydrogen-bond donors (Lipinski definition) is 1. The molecule has 3 heterocycles. The van der Waals surface area contributed by atoms with E-state index in [4.69, 9.17) is 9.15 Å². The van der Waals surface area contributed by atoms with Crippen LogP contribution in [0.25, 0.3) is 33.6 Å². The van der Waals surface area contributed by atoms with E-state index in [1.807, 2.05) is 12.1 Å². The van der Waals surface area contributed by atoms with Crippen LogP contribution in [0.2, 0.25) is 0 Å². The van der Waals surface area contributed by atoms with Crippen molar-refractivity contribution in [2.75, 3.05) is 32.6 Å². The highest BCUT2D eigenvalue weighted by Crippen LogP contribution is 2.37. The molecule has 37 heavy (non-hydrogen) atoms. The summed E-state index contributed by atoms with van der Waals surface area (Å²) in [7, 11) is 3.01. The summed E-state index contributed by atoms with van der Waals surface area (Å²) in [5, 5.41) is 13.2. The number of anilines is 1. The number of hydrogen-bond acceptors (Lipinski definition) is 6. The Bertz CT molecular complexity index is 1510. The third kappa shape index (κ3) is 4.76. The van der Waals surface area contributed by atoms with Gasteiger partial charge in [0.15, 0.2) is 5.58 Å². The third-order valence-corrected chi connectivity index (χ3v) is 6.39. The zero-order valence-corrected chi connectivity index (χ0v) is 20.3. The molecule has 2 aromatic heterocycles. The summed E-state index contributed by atoms with van der Waals surface area (Å²) in [6.07, 6.45) is 3.30. The number of amides is 1. The van der Waals surface area contributed by atoms with E-state index in [9.17, 15) is 18.8 Å². The topological polar surface area (TPSA) is 91.4 Å². The van der Waals surface area contributed by atoms with Gasteiger partial charge in [0.1, 0.15) is 29.0 Å². The average Bonchev–Trinajstić information content (AvgIpc) is 3.32. The van der Waals surface area contributed by atoms with E-state index in [1.165, 1.54) is 25.1 Å². The van der Waals surface area contributed by atoms with Crippen LogP contribution in [0, 0.1) is 23.0 Å². The molecule has 0 spiro atoms. The maximum absolute atomic E-state index is 15.0. The van der Waals surface area contributed by atoms with Gasteiger partial charge in [-0.2, -0.15) is 5.26 Å². The fraction of sp³-hybridized carbons (Fsp3) is 0.250. The molecule has 0 radical (unpaired) electrons. The van der Waals surface area contributed by atoms with Gasteiger partial charge >= 0.3 is 0 Å². The molecule has 0 bridgehead atoms. The van der Waals surface area contributed by atoms with Crippen molar-refractivity contribution in [1.29, 1.82) is 5.26 Å². The molecule has 0 saturated carbocycles. The van der Waals surface area contributed by atoms with E-state index in [1.54, 1.807) is 18.3 Å². The zero-order chi connectivity index (χ0) is 26.1. The first-order valence-electron chi connectivity index (χ1n) is 11.8. The van der Waals surface area contributed by atoms with Crippen LogP contribution in [0.1, 0.15) is 28.8 Å². The van der Waals surface area contributed by atoms with Crippen molar-refractivity contribution in [1.82, 2.24) is 9.88 Å². The van der Waals surface area contributed by atoms with Crippen molar-refractivity contribution in [3.05, 3.63) is 71.4 Å². The second kappa shape index (κ2) is 9.99. The van der Waals surface area contributed by atoms with Crippen LogP contribution >= 0.6 is 0 Å². The Kier molecular flexibility index (Phi) is 6.59. The van der Waals surface area contributed by atoms with Crippen molar-refractivity contribution >= 4 is 22.7 Å². The molecule has 0 unspecified atom stereocenters. The first-order valence-corrected chi connectivity index (χ1v) is 11.8. The predicted molar refractivity (Wildman–Crippen MR) is 135 cm³/mol. The number of rotatable bonds is 5. The normalized spacial score (nSPS) is 13.9. The highest BCUT2D eigenvalue weighted by atomic mass is 19.1. The van der Waals surface area contributed by atoms with Gasteiger partial charge in [-0.15, -0.1) is 0 Å². The standard InChI is InChI=1S/C28H24F2N4O3/c1-34(2)28(35)17-12-21(29)26(22(30)13-17)25-14-24-27(37-25)20(5-8-32-24)16-3-4-23(18(11-16)15-31)33-19-6-9-36-10-7-19/h3-5,8,11-14,19,33H,6-7,9-10H2,1-2H3. The number of carbonyl (C=O) groups excluding carboxylic acids is 1. The fourth-order valence-electron chi connectivity index (χ4n) is 4.47. The lowest BCUT2D eigenvalue weighted by atomic mass is 10.0. The smallest absolute Gasteiger partial charge is 0.253 e. The van der Waals surface area contributed by atoms with E-state index in [-0.39, 0.29) is 22.9 Å². The number of pyridine rings is 1. The molecule has 2 aromatic carbocycles. The molecule has 5 rings (SSSR count). The highest BCUT2D eigenvalue weighted by molar-refractivity contribution is 5.95. The van der Waals surface area contributed by atoms with Gasteiger partial charge in [-0.1, -0.05) is 6.07 Å². The lowest BCUT2D eigenvalue weighted by Gasteiger charge is -2.24. The fourth-order valence-corrected chi connectivity index (χ4v) is 4.47. The quantitative estimate of drug-likeness (QED) is 0.382. The van der Waals surface area contributed by atoms with Gasteiger partial charge in [0.05, 0.1) is 16.8 Å². The molecule has 1 N–H and O–H groups in total. The van der Waals surface area contributed by atoms with Crippen molar-refractivity contribution in [2.45, 2.75) is 18.9 Å². The number of ether oxygens (including phenoxy) is 1. The predicted octanol–water partition coefficient (Wildman–Crippen LogP) is 5.60. The summed E-state index contributed by atoms with van der Waals surface area (Å²) in [5.74, 6) is -2.39. The number of benzene rings is 2. The van der Waals surface area contributed by atoms with Gasteiger partial charge in [0.25, 0.3) is 5.91 Å². The first-order chi connectivity index (χ1) is 17.9. The minimum atomic E-state index is -0.916. The van der Waals surface area contributed by atoms with Crippen molar-refractivity contribution in [3.8, 4) is 28.5 Å². The van der Waals surface area contributed by atoms with Crippen LogP contribution in [0.5, 0.6) is 0 Å². The van der Waals surface area contributed by atoms with E-state index < -0.39 is 17.5 Å². The zero-order valence-electron chi connectivity index (χ0n) is 20.3. The van der Waals surface area contributed by atoms with Gasteiger partial charge in [-0.05, 0) is 48.7 Å². The number of nitriles is 1. The molecular formula is C28H24F2N4O3. The summed E-state index contributed by atoms with van der Waals surface area (Å²) >= 11 is 0. The second-order valence-electron chi connectivity index (χ2n) is 9.10. The van der Waals surface area contributed by atoms with Crippen LogP contribution in [0.3, 0.4) is 0 Å². The second-order valence-corrected chi connectivity index (χ2v) is 9.10. The Balaban J connectivity index is 1.52. The molecule has 1 saturated heterocycles. The van der Waals surface area contributed by atoms with Gasteiger partial charge in [-0.3, -0.25) is 9.78 Å². The minimum Gasteiger partial charge on any atom is -0.453 e. The number of halogens is 2. The molecule has 0 aliphatic carbocycles. The van der Waals surface area contributed by atoms with Crippen LogP contribution in [-0.2, 0) is 4.74 Å². The Morgan fingerprint density at radius 3 is 2.51 bits per heavy atom. The van der Waals surface area contributed by atoms with Gasteiger partial charge < -0.3 is 19.4 Å². The number of nitrogens with one attached hydrogen (secondary N) is 1. The Labute approximate surface area is 212 Å². The lowest BCUT2D eigenvalue weighted by molar-refractivity contribution is 0.0826. The number of aromatic nitrogens is 1. The SMILES string of the molecule is CN(C)C(=O)c1cc(F)c(-c2cc3nccc(-c4ccc(NC5CCOCC5)c(C#N)c4)c3o2)c(F)c1. The average molecular weight is 503 g/mol. The maximum atomic E-state index is 15.0. The van der Waals surface area contributed by atoms with Crippen molar-refractivity contribution in [3.63, 3.8) is 0 Å². The molecule has 1 fully saturated rings. The molecule has 9 heteroatoms. The Hall–Kier alpha value is -4.29. The van der Waals surface area contributed by atoms with Gasteiger partial charge in [-0.25, -0.2) is 8.78 Å². The van der Waals surface area contributed by atoms with E-state index >= 15 is 0 Å². The van der Waals surface area contributed by atoms with Crippen LogP contribution in [0.4, 0.5) is 14.5 Å². The lowest BCUT2D eigenvalue weighted by Crippen LogP contribution is -2.28. The van der Waals surface area contributed by atoms with Crippen molar-refractivity contribution in [2.24, 2.45) is 0 Å². The van der Waals surface area contributed by atoms with Crippen molar-refractivity contribution < 1.29 is 22.7 Å². The number of nitrogens with zero attached hydrogens (tertiary/aromatic N) is 3. The molecule has 1 amide bonds.